The van der Waals surface area contributed by atoms with Gasteiger partial charge < -0.3 is 0 Å². The second-order valence-electron chi connectivity index (χ2n) is 9.76. The van der Waals surface area contributed by atoms with E-state index in [4.69, 9.17) is 0 Å². The Bertz CT molecular complexity index is 1210. The molecule has 0 unspecified atom stereocenters. The third kappa shape index (κ3) is 4.82. The van der Waals surface area contributed by atoms with Gasteiger partial charge in [0.15, 0.2) is 0 Å². The van der Waals surface area contributed by atoms with E-state index in [-0.39, 0.29) is 0 Å². The molecule has 0 aromatic heterocycles. The SMILES string of the molecule is Cc1ccc2cc1Cc1cc(ccc1C)/C=C/c1ccc(C)c(c1)Cc1cc(ccc1C)/C=C/2. The van der Waals surface area contributed by atoms with Crippen LogP contribution in [0.3, 0.4) is 0 Å². The molecule has 0 heterocycles. The van der Waals surface area contributed by atoms with Gasteiger partial charge in [0.05, 0.1) is 0 Å². The fourth-order valence-corrected chi connectivity index (χ4v) is 4.74. The minimum Gasteiger partial charge on any atom is -0.0584 e. The molecule has 0 saturated heterocycles. The van der Waals surface area contributed by atoms with Crippen molar-refractivity contribution in [1.29, 1.82) is 0 Å². The smallest absolute Gasteiger partial charge is 0.00201 e. The van der Waals surface area contributed by atoms with Gasteiger partial charge in [0, 0.05) is 0 Å². The summed E-state index contributed by atoms with van der Waals surface area (Å²) in [6.07, 6.45) is 10.9. The summed E-state index contributed by atoms with van der Waals surface area (Å²) < 4.78 is 0. The number of benzene rings is 4. The molecule has 0 N–H and O–H groups in total. The molecule has 0 radical (unpaired) electrons. The minimum atomic E-state index is 0.949. The van der Waals surface area contributed by atoms with Crippen molar-refractivity contribution >= 4 is 24.3 Å². The van der Waals surface area contributed by atoms with E-state index in [9.17, 15) is 0 Å². The Labute approximate surface area is 204 Å². The summed E-state index contributed by atoms with van der Waals surface area (Å²) in [5.41, 5.74) is 15.9. The normalized spacial score (nSPS) is 14.7. The Kier molecular flexibility index (Phi) is 6.07. The van der Waals surface area contributed by atoms with Gasteiger partial charge in [0.2, 0.25) is 0 Å². The van der Waals surface area contributed by atoms with Crippen LogP contribution in [0.1, 0.15) is 66.8 Å². The topological polar surface area (TPSA) is 0 Å². The lowest BCUT2D eigenvalue weighted by Gasteiger charge is -2.12. The molecule has 0 spiro atoms. The molecule has 4 aromatic rings. The zero-order valence-electron chi connectivity index (χ0n) is 20.7. The molecule has 1 aliphatic rings. The van der Waals surface area contributed by atoms with Crippen molar-refractivity contribution in [2.75, 3.05) is 0 Å². The van der Waals surface area contributed by atoms with Crippen LogP contribution in [0.5, 0.6) is 0 Å². The summed E-state index contributed by atoms with van der Waals surface area (Å²) in [7, 11) is 0. The molecule has 0 aliphatic heterocycles. The van der Waals surface area contributed by atoms with Crippen molar-refractivity contribution in [3.8, 4) is 0 Å². The summed E-state index contributed by atoms with van der Waals surface area (Å²) in [5, 5.41) is 0. The van der Waals surface area contributed by atoms with Crippen LogP contribution in [0.25, 0.3) is 24.3 Å². The molecular formula is C34H32. The summed E-state index contributed by atoms with van der Waals surface area (Å²) in [4.78, 5) is 0. The molecule has 8 bridgehead atoms. The third-order valence-electron chi connectivity index (χ3n) is 7.19. The number of aryl methyl sites for hydroxylation is 4. The molecule has 0 saturated carbocycles. The fourth-order valence-electron chi connectivity index (χ4n) is 4.74. The molecule has 0 atom stereocenters. The first kappa shape index (κ1) is 22.2. The number of rotatable bonds is 0. The second-order valence-corrected chi connectivity index (χ2v) is 9.76. The Morgan fingerprint density at radius 2 is 0.588 bits per heavy atom. The van der Waals surface area contributed by atoms with Gasteiger partial charge in [-0.15, -0.1) is 0 Å². The Morgan fingerprint density at radius 1 is 0.353 bits per heavy atom. The van der Waals surface area contributed by atoms with Crippen molar-refractivity contribution < 1.29 is 0 Å². The van der Waals surface area contributed by atoms with Crippen LogP contribution in [0.4, 0.5) is 0 Å². The molecular weight excluding hydrogens is 408 g/mol. The highest BCUT2D eigenvalue weighted by Gasteiger charge is 2.08. The van der Waals surface area contributed by atoms with Crippen LogP contribution in [-0.4, -0.2) is 0 Å². The zero-order valence-corrected chi connectivity index (χ0v) is 20.7. The average molecular weight is 441 g/mol. The Morgan fingerprint density at radius 3 is 0.824 bits per heavy atom. The van der Waals surface area contributed by atoms with Gasteiger partial charge in [-0.1, -0.05) is 97.1 Å². The highest BCUT2D eigenvalue weighted by Crippen LogP contribution is 2.24. The monoisotopic (exact) mass is 440 g/mol. The quantitative estimate of drug-likeness (QED) is 0.226. The van der Waals surface area contributed by atoms with Crippen LogP contribution in [0.15, 0.2) is 72.8 Å². The predicted octanol–water partition coefficient (Wildman–Crippen LogP) is 8.76. The van der Waals surface area contributed by atoms with Crippen molar-refractivity contribution in [2.24, 2.45) is 0 Å². The van der Waals surface area contributed by atoms with Gasteiger partial charge in [0.25, 0.3) is 0 Å². The van der Waals surface area contributed by atoms with Gasteiger partial charge in [0.1, 0.15) is 0 Å². The van der Waals surface area contributed by atoms with Crippen LogP contribution in [0.2, 0.25) is 0 Å². The van der Waals surface area contributed by atoms with E-state index in [0.29, 0.717) is 0 Å². The molecule has 1 aliphatic carbocycles. The fraction of sp³-hybridized carbons (Fsp3) is 0.176. The van der Waals surface area contributed by atoms with Crippen LogP contribution >= 0.6 is 0 Å². The highest BCUT2D eigenvalue weighted by atomic mass is 14.1. The Balaban J connectivity index is 1.66. The van der Waals surface area contributed by atoms with E-state index in [0.717, 1.165) is 12.8 Å². The maximum absolute atomic E-state index is 2.35. The van der Waals surface area contributed by atoms with Crippen molar-refractivity contribution in [2.45, 2.75) is 40.5 Å². The largest absolute Gasteiger partial charge is 0.0584 e. The first-order valence-corrected chi connectivity index (χ1v) is 12.2. The van der Waals surface area contributed by atoms with Crippen LogP contribution in [0, 0.1) is 27.7 Å². The van der Waals surface area contributed by atoms with E-state index in [1.807, 2.05) is 0 Å². The number of hydrogen-bond acceptors (Lipinski definition) is 0. The lowest BCUT2D eigenvalue weighted by atomic mass is 9.93. The van der Waals surface area contributed by atoms with Gasteiger partial charge in [-0.25, -0.2) is 0 Å². The maximum atomic E-state index is 2.35. The zero-order chi connectivity index (χ0) is 23.7. The van der Waals surface area contributed by atoms with Gasteiger partial charge in [-0.05, 0) is 107 Å². The first-order chi connectivity index (χ1) is 16.4. The third-order valence-corrected chi connectivity index (χ3v) is 7.19. The molecule has 0 amide bonds. The van der Waals surface area contributed by atoms with Gasteiger partial charge in [-0.3, -0.25) is 0 Å². The lowest BCUT2D eigenvalue weighted by molar-refractivity contribution is 1.12. The maximum Gasteiger partial charge on any atom is -0.00201 e. The van der Waals surface area contributed by atoms with E-state index in [1.165, 1.54) is 66.8 Å². The van der Waals surface area contributed by atoms with Crippen LogP contribution < -0.4 is 0 Å². The molecule has 34 heavy (non-hydrogen) atoms. The van der Waals surface area contributed by atoms with Crippen molar-refractivity contribution in [1.82, 2.24) is 0 Å². The molecule has 0 heteroatoms. The van der Waals surface area contributed by atoms with E-state index >= 15 is 0 Å². The lowest BCUT2D eigenvalue weighted by Crippen LogP contribution is -1.97. The summed E-state index contributed by atoms with van der Waals surface area (Å²) in [6.45, 7) is 8.87. The summed E-state index contributed by atoms with van der Waals surface area (Å²) in [5.74, 6) is 0. The number of fused-ring (bicyclic) bond motifs is 8. The van der Waals surface area contributed by atoms with E-state index in [2.05, 4.69) is 125 Å². The van der Waals surface area contributed by atoms with E-state index in [1.54, 1.807) is 0 Å². The van der Waals surface area contributed by atoms with Gasteiger partial charge >= 0.3 is 0 Å². The van der Waals surface area contributed by atoms with Crippen molar-refractivity contribution in [3.63, 3.8) is 0 Å². The molecule has 168 valence electrons. The average Bonchev–Trinajstić information content (AvgIpc) is 2.83. The molecule has 0 nitrogen and oxygen atoms in total. The molecule has 0 fully saturated rings. The van der Waals surface area contributed by atoms with Crippen LogP contribution in [-0.2, 0) is 12.8 Å². The van der Waals surface area contributed by atoms with E-state index < -0.39 is 0 Å². The van der Waals surface area contributed by atoms with Gasteiger partial charge in [-0.2, -0.15) is 0 Å². The minimum absolute atomic E-state index is 0.949. The predicted molar refractivity (Wildman–Crippen MR) is 148 cm³/mol. The number of hydrogen-bond donors (Lipinski definition) is 0. The molecule has 4 aromatic carbocycles. The Hall–Kier alpha value is -3.64. The summed E-state index contributed by atoms with van der Waals surface area (Å²) in [6, 6.07) is 27.3. The standard InChI is InChI=1S/C34H32/c1-23-5-9-27-13-14-29-11-7-25(3)33(19-29)22-34-20-30(12-8-26(34)4)16-15-28-10-6-24(2)32(18-28)21-31(23)17-27/h5-20H,21-22H2,1-4H3/b14-13+,16-15+. The summed E-state index contributed by atoms with van der Waals surface area (Å²) >= 11 is 0. The second kappa shape index (κ2) is 9.31. The van der Waals surface area contributed by atoms with Crippen molar-refractivity contribution in [3.05, 3.63) is 140 Å². The molecule has 5 rings (SSSR count). The highest BCUT2D eigenvalue weighted by molar-refractivity contribution is 5.72. The first-order valence-electron chi connectivity index (χ1n) is 12.2.